The predicted molar refractivity (Wildman–Crippen MR) is 69.7 cm³/mol. The maximum atomic E-state index is 12.8. The number of carbonyl (C=O) groups is 1. The molecule has 0 aliphatic heterocycles. The monoisotopic (exact) mass is 264 g/mol. The molecule has 0 saturated heterocycles. The number of rotatable bonds is 5. The summed E-state index contributed by atoms with van der Waals surface area (Å²) in [5.41, 5.74) is 5.32. The van der Waals surface area contributed by atoms with Gasteiger partial charge in [0.25, 0.3) is 0 Å². The van der Waals surface area contributed by atoms with Crippen molar-refractivity contribution in [3.05, 3.63) is 29.6 Å². The van der Waals surface area contributed by atoms with Crippen molar-refractivity contribution in [2.45, 2.75) is 26.7 Å². The highest BCUT2D eigenvalue weighted by Gasteiger charge is 2.17. The minimum atomic E-state index is -0.577. The molecule has 0 fully saturated rings. The molecule has 102 valence electrons. The zero-order valence-corrected chi connectivity index (χ0v) is 11.1. The van der Waals surface area contributed by atoms with E-state index in [1.807, 2.05) is 13.8 Å². The average Bonchev–Trinajstić information content (AvgIpc) is 2.34. The van der Waals surface area contributed by atoms with Crippen molar-refractivity contribution in [1.82, 2.24) is 0 Å². The Kier molecular flexibility index (Phi) is 4.87. The largest absolute Gasteiger partial charge is 0.462 e. The lowest BCUT2D eigenvalue weighted by Crippen LogP contribution is -2.12. The maximum Gasteiger partial charge on any atom is 0.340 e. The van der Waals surface area contributed by atoms with Gasteiger partial charge in [0.2, 0.25) is 0 Å². The van der Waals surface area contributed by atoms with E-state index < -0.39 is 17.2 Å². The van der Waals surface area contributed by atoms with Crippen LogP contribution in [0.5, 0.6) is 0 Å². The Balaban J connectivity index is 2.46. The summed E-state index contributed by atoms with van der Waals surface area (Å²) in [6, 6.07) is 5.71. The van der Waals surface area contributed by atoms with Crippen molar-refractivity contribution < 1.29 is 13.9 Å². The molecule has 0 unspecified atom stereocenters. The third-order valence-electron chi connectivity index (χ3n) is 2.72. The fourth-order valence-electron chi connectivity index (χ4n) is 1.53. The summed E-state index contributed by atoms with van der Waals surface area (Å²) in [5.74, 6) is -1.07. The molecule has 2 N–H and O–H groups in total. The lowest BCUT2D eigenvalue weighted by Gasteiger charge is -2.14. The molecule has 0 spiro atoms. The summed E-state index contributed by atoms with van der Waals surface area (Å²) in [6.07, 6.45) is 1.23. The number of hydrogen-bond donors (Lipinski definition) is 1. The number of hydrogen-bond acceptors (Lipinski definition) is 4. The molecule has 0 radical (unpaired) electrons. The number of carbonyl (C=O) groups excluding carboxylic acids is 1. The first-order valence-electron chi connectivity index (χ1n) is 5.99. The predicted octanol–water partition coefficient (Wildman–Crippen LogP) is 2.89. The van der Waals surface area contributed by atoms with Crippen LogP contribution in [0.25, 0.3) is 0 Å². The Labute approximate surface area is 112 Å². The summed E-state index contributed by atoms with van der Waals surface area (Å²) in [6.45, 7) is 3.86. The van der Waals surface area contributed by atoms with Crippen LogP contribution in [0, 0.1) is 22.6 Å². The number of ether oxygens (including phenoxy) is 1. The average molecular weight is 264 g/mol. The number of benzene rings is 1. The van der Waals surface area contributed by atoms with E-state index >= 15 is 0 Å². The topological polar surface area (TPSA) is 76.1 Å². The number of nitrogens with two attached hydrogens (primary N) is 1. The molecule has 1 aromatic carbocycles. The van der Waals surface area contributed by atoms with Crippen molar-refractivity contribution in [1.29, 1.82) is 5.26 Å². The summed E-state index contributed by atoms with van der Waals surface area (Å²) in [4.78, 5) is 11.7. The fraction of sp³-hybridized carbons (Fsp3) is 0.429. The van der Waals surface area contributed by atoms with E-state index in [0.29, 0.717) is 12.8 Å². The summed E-state index contributed by atoms with van der Waals surface area (Å²) < 4.78 is 17.9. The van der Waals surface area contributed by atoms with E-state index in [2.05, 4.69) is 6.07 Å². The van der Waals surface area contributed by atoms with Gasteiger partial charge in [-0.3, -0.25) is 0 Å². The normalized spacial score (nSPS) is 10.8. The Morgan fingerprint density at radius 2 is 2.21 bits per heavy atom. The molecule has 4 nitrogen and oxygen atoms in total. The van der Waals surface area contributed by atoms with Gasteiger partial charge in [-0.25, -0.2) is 9.18 Å². The minimum absolute atomic E-state index is 0.0577. The molecule has 0 amide bonds. The summed E-state index contributed by atoms with van der Waals surface area (Å²) in [5, 5.41) is 8.83. The van der Waals surface area contributed by atoms with Gasteiger partial charge in [0.15, 0.2) is 0 Å². The zero-order valence-electron chi connectivity index (χ0n) is 11.1. The van der Waals surface area contributed by atoms with Gasteiger partial charge in [0, 0.05) is 5.69 Å². The number of esters is 1. The quantitative estimate of drug-likeness (QED) is 0.504. The van der Waals surface area contributed by atoms with Gasteiger partial charge in [-0.15, -0.1) is 0 Å². The van der Waals surface area contributed by atoms with Crippen LogP contribution in [0.4, 0.5) is 10.1 Å². The first-order valence-corrected chi connectivity index (χ1v) is 5.99. The van der Waals surface area contributed by atoms with Crippen molar-refractivity contribution in [3.63, 3.8) is 0 Å². The number of halogens is 1. The van der Waals surface area contributed by atoms with Crippen LogP contribution in [-0.4, -0.2) is 12.6 Å². The van der Waals surface area contributed by atoms with E-state index in [1.54, 1.807) is 0 Å². The van der Waals surface area contributed by atoms with Gasteiger partial charge in [-0.1, -0.05) is 0 Å². The zero-order chi connectivity index (χ0) is 14.5. The molecule has 0 saturated carbocycles. The molecule has 0 aliphatic rings. The second-order valence-electron chi connectivity index (χ2n) is 4.97. The Bertz CT molecular complexity index is 507. The van der Waals surface area contributed by atoms with Gasteiger partial charge in [-0.2, -0.15) is 5.26 Å². The SMILES string of the molecule is CC(C)(C#N)CCCOC(=O)c1ccc(F)cc1N. The maximum absolute atomic E-state index is 12.8. The van der Waals surface area contributed by atoms with Crippen molar-refractivity contribution in [2.75, 3.05) is 12.3 Å². The molecule has 0 aliphatic carbocycles. The second-order valence-corrected chi connectivity index (χ2v) is 4.97. The highest BCUT2D eigenvalue weighted by Crippen LogP contribution is 2.21. The van der Waals surface area contributed by atoms with Crippen molar-refractivity contribution in [2.24, 2.45) is 5.41 Å². The number of anilines is 1. The summed E-state index contributed by atoms with van der Waals surface area (Å²) in [7, 11) is 0. The number of nitrogens with zero attached hydrogens (tertiary/aromatic N) is 1. The van der Waals surface area contributed by atoms with Gasteiger partial charge in [0.1, 0.15) is 5.82 Å². The highest BCUT2D eigenvalue weighted by atomic mass is 19.1. The molecular formula is C14H17FN2O2. The van der Waals surface area contributed by atoms with Crippen LogP contribution in [-0.2, 0) is 4.74 Å². The van der Waals surface area contributed by atoms with Gasteiger partial charge in [0.05, 0.1) is 23.7 Å². The van der Waals surface area contributed by atoms with E-state index in [-0.39, 0.29) is 17.9 Å². The van der Waals surface area contributed by atoms with E-state index in [4.69, 9.17) is 15.7 Å². The lowest BCUT2D eigenvalue weighted by atomic mass is 9.90. The first-order chi connectivity index (χ1) is 8.85. The van der Waals surface area contributed by atoms with Crippen molar-refractivity contribution in [3.8, 4) is 6.07 Å². The van der Waals surface area contributed by atoms with Crippen LogP contribution >= 0.6 is 0 Å². The van der Waals surface area contributed by atoms with Crippen LogP contribution in [0.15, 0.2) is 18.2 Å². The molecule has 1 rings (SSSR count). The molecular weight excluding hydrogens is 247 g/mol. The molecule has 0 atom stereocenters. The highest BCUT2D eigenvalue weighted by molar-refractivity contribution is 5.94. The van der Waals surface area contributed by atoms with Gasteiger partial charge in [-0.05, 0) is 44.9 Å². The van der Waals surface area contributed by atoms with Crippen molar-refractivity contribution >= 4 is 11.7 Å². The molecule has 5 heteroatoms. The third-order valence-corrected chi connectivity index (χ3v) is 2.72. The fourth-order valence-corrected chi connectivity index (χ4v) is 1.53. The number of nitriles is 1. The third kappa shape index (κ3) is 4.59. The van der Waals surface area contributed by atoms with Gasteiger partial charge < -0.3 is 10.5 Å². The molecule has 19 heavy (non-hydrogen) atoms. The Morgan fingerprint density at radius 3 is 2.79 bits per heavy atom. The lowest BCUT2D eigenvalue weighted by molar-refractivity contribution is 0.0492. The standard InChI is InChI=1S/C14H17FN2O2/c1-14(2,9-16)6-3-7-19-13(18)11-5-4-10(15)8-12(11)17/h4-5,8H,3,6-7,17H2,1-2H3. The number of nitrogen functional groups attached to an aromatic ring is 1. The second kappa shape index (κ2) is 6.19. The molecule has 0 heterocycles. The Hall–Kier alpha value is -2.09. The molecule has 0 aromatic heterocycles. The van der Waals surface area contributed by atoms with Gasteiger partial charge >= 0.3 is 5.97 Å². The molecule has 1 aromatic rings. The smallest absolute Gasteiger partial charge is 0.340 e. The Morgan fingerprint density at radius 1 is 1.53 bits per heavy atom. The van der Waals surface area contributed by atoms with E-state index in [0.717, 1.165) is 12.1 Å². The first kappa shape index (κ1) is 15.0. The van der Waals surface area contributed by atoms with E-state index in [9.17, 15) is 9.18 Å². The van der Waals surface area contributed by atoms with Crippen LogP contribution in [0.3, 0.4) is 0 Å². The van der Waals surface area contributed by atoms with Crippen LogP contribution < -0.4 is 5.73 Å². The van der Waals surface area contributed by atoms with E-state index in [1.165, 1.54) is 6.07 Å². The minimum Gasteiger partial charge on any atom is -0.462 e. The summed E-state index contributed by atoms with van der Waals surface area (Å²) >= 11 is 0. The van der Waals surface area contributed by atoms with Crippen LogP contribution in [0.1, 0.15) is 37.0 Å². The van der Waals surface area contributed by atoms with Crippen LogP contribution in [0.2, 0.25) is 0 Å². The molecule has 0 bridgehead atoms.